The Labute approximate surface area is 113 Å². The van der Waals surface area contributed by atoms with Crippen molar-refractivity contribution in [2.45, 2.75) is 40.8 Å². The van der Waals surface area contributed by atoms with Gasteiger partial charge >= 0.3 is 0 Å². The lowest BCUT2D eigenvalue weighted by Crippen LogP contribution is -2.13. The maximum atomic E-state index is 4.45. The fraction of sp³-hybridized carbons (Fsp3) is 0.400. The molecule has 2 rings (SSSR count). The zero-order chi connectivity index (χ0) is 13.1. The summed E-state index contributed by atoms with van der Waals surface area (Å²) in [5.41, 5.74) is 6.58. The third-order valence-corrected chi connectivity index (χ3v) is 4.18. The highest BCUT2D eigenvalue weighted by Crippen LogP contribution is 2.15. The highest BCUT2D eigenvalue weighted by atomic mass is 32.1. The SMILES string of the molecule is Cc1csc(CNCc2cc(C)c(C)cc2C)n1. The maximum Gasteiger partial charge on any atom is 0.107 e. The van der Waals surface area contributed by atoms with Crippen LogP contribution in [0.1, 0.15) is 33.0 Å². The second-order valence-electron chi connectivity index (χ2n) is 4.85. The minimum atomic E-state index is 0.852. The molecule has 3 heteroatoms. The Balaban J connectivity index is 1.96. The Morgan fingerprint density at radius 1 is 1.00 bits per heavy atom. The topological polar surface area (TPSA) is 24.9 Å². The molecular formula is C15H20N2S. The van der Waals surface area contributed by atoms with E-state index in [9.17, 15) is 0 Å². The molecular weight excluding hydrogens is 240 g/mol. The molecule has 0 aliphatic carbocycles. The van der Waals surface area contributed by atoms with Gasteiger partial charge in [0, 0.05) is 24.2 Å². The first kappa shape index (κ1) is 13.2. The molecule has 0 atom stereocenters. The Kier molecular flexibility index (Phi) is 4.15. The van der Waals surface area contributed by atoms with Gasteiger partial charge in [0.1, 0.15) is 5.01 Å². The van der Waals surface area contributed by atoms with Crippen LogP contribution in [0.5, 0.6) is 0 Å². The predicted octanol–water partition coefficient (Wildman–Crippen LogP) is 3.67. The molecule has 1 aromatic carbocycles. The van der Waals surface area contributed by atoms with Crippen molar-refractivity contribution in [2.75, 3.05) is 0 Å². The highest BCUT2D eigenvalue weighted by Gasteiger charge is 2.03. The lowest BCUT2D eigenvalue weighted by atomic mass is 10.0. The van der Waals surface area contributed by atoms with Crippen molar-refractivity contribution < 1.29 is 0 Å². The van der Waals surface area contributed by atoms with Crippen molar-refractivity contribution in [3.63, 3.8) is 0 Å². The van der Waals surface area contributed by atoms with Crippen LogP contribution in [0.15, 0.2) is 17.5 Å². The Bertz CT molecular complexity index is 543. The van der Waals surface area contributed by atoms with Crippen LogP contribution in [-0.2, 0) is 13.1 Å². The number of hydrogen-bond acceptors (Lipinski definition) is 3. The molecule has 18 heavy (non-hydrogen) atoms. The largest absolute Gasteiger partial charge is 0.306 e. The molecule has 0 saturated heterocycles. The molecule has 96 valence electrons. The fourth-order valence-corrected chi connectivity index (χ4v) is 2.74. The van der Waals surface area contributed by atoms with E-state index >= 15 is 0 Å². The Hall–Kier alpha value is -1.19. The van der Waals surface area contributed by atoms with Gasteiger partial charge in [-0.15, -0.1) is 11.3 Å². The second kappa shape index (κ2) is 5.63. The number of aromatic nitrogens is 1. The van der Waals surface area contributed by atoms with E-state index in [0.29, 0.717) is 0 Å². The number of hydrogen-bond donors (Lipinski definition) is 1. The highest BCUT2D eigenvalue weighted by molar-refractivity contribution is 7.09. The number of benzene rings is 1. The molecule has 1 N–H and O–H groups in total. The van der Waals surface area contributed by atoms with Crippen molar-refractivity contribution in [3.05, 3.63) is 50.5 Å². The average Bonchev–Trinajstić information content (AvgIpc) is 2.71. The van der Waals surface area contributed by atoms with Crippen LogP contribution in [0, 0.1) is 27.7 Å². The molecule has 0 bridgehead atoms. The summed E-state index contributed by atoms with van der Waals surface area (Å²) in [6, 6.07) is 4.55. The summed E-state index contributed by atoms with van der Waals surface area (Å²) in [5, 5.41) is 6.72. The third kappa shape index (κ3) is 3.18. The number of rotatable bonds is 4. The molecule has 0 aliphatic rings. The number of thiazole rings is 1. The first-order valence-electron chi connectivity index (χ1n) is 6.24. The minimum Gasteiger partial charge on any atom is -0.306 e. The molecule has 0 fully saturated rings. The van der Waals surface area contributed by atoms with E-state index in [1.807, 2.05) is 6.92 Å². The monoisotopic (exact) mass is 260 g/mol. The second-order valence-corrected chi connectivity index (χ2v) is 5.79. The fourth-order valence-electron chi connectivity index (χ4n) is 2.00. The van der Waals surface area contributed by atoms with Crippen LogP contribution >= 0.6 is 11.3 Å². The van der Waals surface area contributed by atoms with E-state index in [4.69, 9.17) is 0 Å². The Morgan fingerprint density at radius 2 is 1.72 bits per heavy atom. The van der Waals surface area contributed by atoms with Gasteiger partial charge < -0.3 is 5.32 Å². The van der Waals surface area contributed by atoms with Crippen LogP contribution in [0.2, 0.25) is 0 Å². The van der Waals surface area contributed by atoms with Gasteiger partial charge in [0.15, 0.2) is 0 Å². The minimum absolute atomic E-state index is 0.852. The summed E-state index contributed by atoms with van der Waals surface area (Å²) in [4.78, 5) is 4.45. The lowest BCUT2D eigenvalue weighted by molar-refractivity contribution is 0.685. The lowest BCUT2D eigenvalue weighted by Gasteiger charge is -2.10. The Morgan fingerprint density at radius 3 is 2.39 bits per heavy atom. The van der Waals surface area contributed by atoms with Crippen LogP contribution in [0.3, 0.4) is 0 Å². The van der Waals surface area contributed by atoms with Gasteiger partial charge in [-0.2, -0.15) is 0 Å². The normalized spacial score (nSPS) is 10.9. The van der Waals surface area contributed by atoms with Crippen LogP contribution in [-0.4, -0.2) is 4.98 Å². The van der Waals surface area contributed by atoms with Gasteiger partial charge in [-0.25, -0.2) is 4.98 Å². The first-order valence-corrected chi connectivity index (χ1v) is 7.12. The van der Waals surface area contributed by atoms with E-state index in [1.54, 1.807) is 11.3 Å². The average molecular weight is 260 g/mol. The molecule has 0 aliphatic heterocycles. The smallest absolute Gasteiger partial charge is 0.107 e. The van der Waals surface area contributed by atoms with E-state index in [2.05, 4.69) is 48.6 Å². The van der Waals surface area contributed by atoms with Gasteiger partial charge in [-0.1, -0.05) is 12.1 Å². The number of nitrogens with zero attached hydrogens (tertiary/aromatic N) is 1. The van der Waals surface area contributed by atoms with Crippen molar-refractivity contribution >= 4 is 11.3 Å². The van der Waals surface area contributed by atoms with Crippen LogP contribution in [0.4, 0.5) is 0 Å². The molecule has 2 aromatic rings. The van der Waals surface area contributed by atoms with Crippen LogP contribution in [0.25, 0.3) is 0 Å². The molecule has 0 amide bonds. The zero-order valence-corrected chi connectivity index (χ0v) is 12.3. The van der Waals surface area contributed by atoms with Crippen molar-refractivity contribution in [2.24, 2.45) is 0 Å². The van der Waals surface area contributed by atoms with Crippen molar-refractivity contribution in [1.29, 1.82) is 0 Å². The van der Waals surface area contributed by atoms with Gasteiger partial charge in [-0.3, -0.25) is 0 Å². The molecule has 0 unspecified atom stereocenters. The summed E-state index contributed by atoms with van der Waals surface area (Å²) in [7, 11) is 0. The van der Waals surface area contributed by atoms with Gasteiger partial charge in [-0.05, 0) is 49.9 Å². The van der Waals surface area contributed by atoms with Crippen molar-refractivity contribution in [3.8, 4) is 0 Å². The number of nitrogens with one attached hydrogen (secondary N) is 1. The molecule has 1 heterocycles. The van der Waals surface area contributed by atoms with E-state index in [-0.39, 0.29) is 0 Å². The van der Waals surface area contributed by atoms with Gasteiger partial charge in [0.05, 0.1) is 0 Å². The first-order chi connectivity index (χ1) is 8.56. The van der Waals surface area contributed by atoms with Crippen LogP contribution < -0.4 is 5.32 Å². The predicted molar refractivity (Wildman–Crippen MR) is 78.0 cm³/mol. The van der Waals surface area contributed by atoms with E-state index < -0.39 is 0 Å². The summed E-state index contributed by atoms with van der Waals surface area (Å²) < 4.78 is 0. The zero-order valence-electron chi connectivity index (χ0n) is 11.5. The molecule has 1 aromatic heterocycles. The number of aryl methyl sites for hydroxylation is 4. The summed E-state index contributed by atoms with van der Waals surface area (Å²) in [6.07, 6.45) is 0. The molecule has 2 nitrogen and oxygen atoms in total. The summed E-state index contributed by atoms with van der Waals surface area (Å²) >= 11 is 1.72. The van der Waals surface area contributed by atoms with Gasteiger partial charge in [0.2, 0.25) is 0 Å². The standard InChI is InChI=1S/C15H20N2S/c1-10-5-12(3)14(6-11(10)2)7-16-8-15-17-13(4)9-18-15/h5-6,9,16H,7-8H2,1-4H3. The molecule has 0 radical (unpaired) electrons. The van der Waals surface area contributed by atoms with Crippen molar-refractivity contribution in [1.82, 2.24) is 10.3 Å². The summed E-state index contributed by atoms with van der Waals surface area (Å²) in [5.74, 6) is 0. The quantitative estimate of drug-likeness (QED) is 0.907. The van der Waals surface area contributed by atoms with E-state index in [0.717, 1.165) is 23.8 Å². The van der Waals surface area contributed by atoms with E-state index in [1.165, 1.54) is 22.3 Å². The maximum absolute atomic E-state index is 4.45. The summed E-state index contributed by atoms with van der Waals surface area (Å²) in [6.45, 7) is 10.3. The molecule has 0 spiro atoms. The third-order valence-electron chi connectivity index (χ3n) is 3.21. The van der Waals surface area contributed by atoms with Gasteiger partial charge in [0.25, 0.3) is 0 Å². The molecule has 0 saturated carbocycles.